The van der Waals surface area contributed by atoms with E-state index >= 15 is 0 Å². The van der Waals surface area contributed by atoms with Crippen molar-refractivity contribution in [2.75, 3.05) is 13.7 Å². The summed E-state index contributed by atoms with van der Waals surface area (Å²) in [7, 11) is 1.52. The number of aliphatic hydroxyl groups is 1. The van der Waals surface area contributed by atoms with Crippen molar-refractivity contribution in [1.29, 1.82) is 0 Å². The van der Waals surface area contributed by atoms with E-state index in [1.807, 2.05) is 0 Å². The topological polar surface area (TPSA) is 75.7 Å². The van der Waals surface area contributed by atoms with Crippen LogP contribution >= 0.6 is 0 Å². The van der Waals surface area contributed by atoms with Gasteiger partial charge in [0.25, 0.3) is 0 Å². The number of hydrogen-bond acceptors (Lipinski definition) is 4. The number of phenols is 1. The van der Waals surface area contributed by atoms with Gasteiger partial charge in [0.05, 0.1) is 19.8 Å². The Morgan fingerprint density at radius 2 is 2.14 bits per heavy atom. The molecule has 78 valence electrons. The molecule has 0 spiro atoms. The summed E-state index contributed by atoms with van der Waals surface area (Å²) in [5.41, 5.74) is 6.95. The Bertz CT molecular complexity index is 325. The number of rotatable bonds is 3. The second-order valence-electron chi connectivity index (χ2n) is 3.16. The number of phenolic OH excluding ortho intramolecular Hbond substituents is 1. The van der Waals surface area contributed by atoms with Crippen LogP contribution < -0.4 is 10.5 Å². The van der Waals surface area contributed by atoms with Crippen LogP contribution in [0.4, 0.5) is 0 Å². The monoisotopic (exact) mass is 197 g/mol. The molecule has 0 aliphatic carbocycles. The average Bonchev–Trinajstić information content (AvgIpc) is 2.20. The fourth-order valence-corrected chi connectivity index (χ4v) is 1.23. The van der Waals surface area contributed by atoms with Crippen molar-refractivity contribution < 1.29 is 14.9 Å². The van der Waals surface area contributed by atoms with Gasteiger partial charge >= 0.3 is 0 Å². The van der Waals surface area contributed by atoms with E-state index in [1.165, 1.54) is 7.11 Å². The Kier molecular flexibility index (Phi) is 3.33. The van der Waals surface area contributed by atoms with Gasteiger partial charge < -0.3 is 20.7 Å². The van der Waals surface area contributed by atoms with Crippen molar-refractivity contribution in [3.8, 4) is 11.5 Å². The van der Waals surface area contributed by atoms with E-state index < -0.39 is 6.04 Å². The SMILES string of the molecule is COc1cc(C(N)CO)cc(O)c1C. The fourth-order valence-electron chi connectivity index (χ4n) is 1.23. The van der Waals surface area contributed by atoms with Crippen molar-refractivity contribution >= 4 is 0 Å². The van der Waals surface area contributed by atoms with Crippen molar-refractivity contribution in [2.45, 2.75) is 13.0 Å². The highest BCUT2D eigenvalue weighted by atomic mass is 16.5. The third kappa shape index (κ3) is 1.97. The lowest BCUT2D eigenvalue weighted by atomic mass is 10.0. The molecule has 1 rings (SSSR count). The molecular weight excluding hydrogens is 182 g/mol. The molecule has 0 aliphatic heterocycles. The first-order valence-corrected chi connectivity index (χ1v) is 4.34. The zero-order valence-corrected chi connectivity index (χ0v) is 8.32. The molecule has 1 unspecified atom stereocenters. The molecule has 0 heterocycles. The normalized spacial score (nSPS) is 12.6. The minimum Gasteiger partial charge on any atom is -0.508 e. The molecule has 1 aromatic carbocycles. The fraction of sp³-hybridized carbons (Fsp3) is 0.400. The van der Waals surface area contributed by atoms with Crippen LogP contribution in [0.1, 0.15) is 17.2 Å². The molecule has 1 atom stereocenters. The van der Waals surface area contributed by atoms with Gasteiger partial charge in [-0.1, -0.05) is 0 Å². The number of ether oxygens (including phenoxy) is 1. The summed E-state index contributed by atoms with van der Waals surface area (Å²) < 4.78 is 5.06. The number of aromatic hydroxyl groups is 1. The van der Waals surface area contributed by atoms with E-state index in [4.69, 9.17) is 15.6 Å². The van der Waals surface area contributed by atoms with Crippen LogP contribution in [0.25, 0.3) is 0 Å². The molecule has 0 saturated heterocycles. The maximum Gasteiger partial charge on any atom is 0.125 e. The summed E-state index contributed by atoms with van der Waals surface area (Å²) in [6.07, 6.45) is 0. The maximum atomic E-state index is 9.54. The zero-order chi connectivity index (χ0) is 10.7. The Morgan fingerprint density at radius 1 is 1.50 bits per heavy atom. The van der Waals surface area contributed by atoms with E-state index in [-0.39, 0.29) is 12.4 Å². The Labute approximate surface area is 82.9 Å². The summed E-state index contributed by atoms with van der Waals surface area (Å²) in [5.74, 6) is 0.701. The van der Waals surface area contributed by atoms with Gasteiger partial charge in [0, 0.05) is 5.56 Å². The zero-order valence-electron chi connectivity index (χ0n) is 8.32. The minimum absolute atomic E-state index is 0.128. The molecule has 0 aliphatic rings. The van der Waals surface area contributed by atoms with E-state index in [0.717, 1.165) is 0 Å². The maximum absolute atomic E-state index is 9.54. The summed E-state index contributed by atoms with van der Waals surface area (Å²) in [5, 5.41) is 18.4. The molecule has 0 fully saturated rings. The van der Waals surface area contributed by atoms with Gasteiger partial charge in [-0.25, -0.2) is 0 Å². The van der Waals surface area contributed by atoms with Crippen LogP contribution in [-0.4, -0.2) is 23.9 Å². The molecule has 4 heteroatoms. The molecule has 0 radical (unpaired) electrons. The molecule has 4 N–H and O–H groups in total. The lowest BCUT2D eigenvalue weighted by Crippen LogP contribution is -2.14. The highest BCUT2D eigenvalue weighted by Crippen LogP contribution is 2.30. The quantitative estimate of drug-likeness (QED) is 0.666. The first-order chi connectivity index (χ1) is 6.60. The van der Waals surface area contributed by atoms with E-state index in [1.54, 1.807) is 19.1 Å². The molecular formula is C10H15NO3. The van der Waals surface area contributed by atoms with Crippen molar-refractivity contribution in [3.63, 3.8) is 0 Å². The van der Waals surface area contributed by atoms with Crippen LogP contribution in [0, 0.1) is 6.92 Å². The van der Waals surface area contributed by atoms with Gasteiger partial charge in [-0.2, -0.15) is 0 Å². The summed E-state index contributed by atoms with van der Waals surface area (Å²) in [6.45, 7) is 1.59. The molecule has 4 nitrogen and oxygen atoms in total. The summed E-state index contributed by atoms with van der Waals surface area (Å²) >= 11 is 0. The number of benzene rings is 1. The van der Waals surface area contributed by atoms with Gasteiger partial charge in [-0.3, -0.25) is 0 Å². The van der Waals surface area contributed by atoms with Gasteiger partial charge in [0.15, 0.2) is 0 Å². The average molecular weight is 197 g/mol. The second kappa shape index (κ2) is 4.30. The van der Waals surface area contributed by atoms with Gasteiger partial charge in [0.2, 0.25) is 0 Å². The summed E-state index contributed by atoms with van der Waals surface area (Å²) in [6, 6.07) is 2.77. The third-order valence-electron chi connectivity index (χ3n) is 2.20. The smallest absolute Gasteiger partial charge is 0.125 e. The molecule has 0 aromatic heterocycles. The number of hydrogen-bond donors (Lipinski definition) is 3. The third-order valence-corrected chi connectivity index (χ3v) is 2.20. The number of nitrogens with two attached hydrogens (primary N) is 1. The van der Waals surface area contributed by atoms with Crippen molar-refractivity contribution in [2.24, 2.45) is 5.73 Å². The van der Waals surface area contributed by atoms with Gasteiger partial charge in [0.1, 0.15) is 11.5 Å². The summed E-state index contributed by atoms with van der Waals surface area (Å²) in [4.78, 5) is 0. The largest absolute Gasteiger partial charge is 0.508 e. The highest BCUT2D eigenvalue weighted by Gasteiger charge is 2.11. The molecule has 14 heavy (non-hydrogen) atoms. The van der Waals surface area contributed by atoms with E-state index in [2.05, 4.69) is 0 Å². The molecule has 1 aromatic rings. The first-order valence-electron chi connectivity index (χ1n) is 4.34. The van der Waals surface area contributed by atoms with Crippen LogP contribution in [0.5, 0.6) is 11.5 Å². The van der Waals surface area contributed by atoms with Crippen LogP contribution in [0.15, 0.2) is 12.1 Å². The van der Waals surface area contributed by atoms with E-state index in [9.17, 15) is 5.11 Å². The predicted molar refractivity (Wildman–Crippen MR) is 53.4 cm³/mol. The highest BCUT2D eigenvalue weighted by molar-refractivity contribution is 5.47. The van der Waals surface area contributed by atoms with Gasteiger partial charge in [-0.05, 0) is 24.6 Å². The molecule has 0 saturated carbocycles. The Balaban J connectivity index is 3.16. The van der Waals surface area contributed by atoms with Gasteiger partial charge in [-0.15, -0.1) is 0 Å². The van der Waals surface area contributed by atoms with Crippen LogP contribution in [-0.2, 0) is 0 Å². The predicted octanol–water partition coefficient (Wildman–Crippen LogP) is 0.701. The lowest BCUT2D eigenvalue weighted by molar-refractivity contribution is 0.267. The Hall–Kier alpha value is -1.26. The first kappa shape index (κ1) is 10.8. The molecule has 0 bridgehead atoms. The van der Waals surface area contributed by atoms with E-state index in [0.29, 0.717) is 16.9 Å². The second-order valence-corrected chi connectivity index (χ2v) is 3.16. The minimum atomic E-state index is -0.490. The lowest BCUT2D eigenvalue weighted by Gasteiger charge is -2.13. The van der Waals surface area contributed by atoms with Crippen molar-refractivity contribution in [1.82, 2.24) is 0 Å². The Morgan fingerprint density at radius 3 is 2.64 bits per heavy atom. The van der Waals surface area contributed by atoms with Crippen molar-refractivity contribution in [3.05, 3.63) is 23.3 Å². The standard InChI is InChI=1S/C10H15NO3/c1-6-9(13)3-7(8(11)5-12)4-10(6)14-2/h3-4,8,12-13H,5,11H2,1-2H3. The van der Waals surface area contributed by atoms with Crippen LogP contribution in [0.3, 0.4) is 0 Å². The number of aliphatic hydroxyl groups excluding tert-OH is 1. The number of methoxy groups -OCH3 is 1. The molecule has 0 amide bonds. The van der Waals surface area contributed by atoms with Crippen LogP contribution in [0.2, 0.25) is 0 Å².